The minimum atomic E-state index is -0.441. The Morgan fingerprint density at radius 1 is 1.27 bits per heavy atom. The molecule has 7 heteroatoms. The fourth-order valence-electron chi connectivity index (χ4n) is 3.18. The minimum Gasteiger partial charge on any atom is -0.465 e. The van der Waals surface area contributed by atoms with Crippen LogP contribution in [0.2, 0.25) is 0 Å². The number of thiazole rings is 1. The maximum atomic E-state index is 12.2. The fourth-order valence-corrected chi connectivity index (χ4v) is 3.94. The largest absolute Gasteiger partial charge is 0.465 e. The Balaban J connectivity index is 1.42. The maximum absolute atomic E-state index is 12.2. The monoisotopic (exact) mass is 373 g/mol. The fraction of sp³-hybridized carbons (Fsp3) is 0.421. The molecule has 1 aliphatic heterocycles. The van der Waals surface area contributed by atoms with Gasteiger partial charge in [0.1, 0.15) is 4.88 Å². The molecule has 1 saturated heterocycles. The number of ether oxygens (including phenoxy) is 1. The zero-order chi connectivity index (χ0) is 18.4. The molecule has 1 aromatic heterocycles. The van der Waals surface area contributed by atoms with Gasteiger partial charge in [0.15, 0.2) is 5.13 Å². The van der Waals surface area contributed by atoms with Gasteiger partial charge in [0, 0.05) is 0 Å². The average molecular weight is 373 g/mol. The van der Waals surface area contributed by atoms with Crippen molar-refractivity contribution >= 4 is 28.3 Å². The van der Waals surface area contributed by atoms with E-state index in [0.717, 1.165) is 43.7 Å². The molecule has 6 nitrogen and oxygen atoms in total. The molecule has 2 aromatic rings. The van der Waals surface area contributed by atoms with Crippen LogP contribution in [-0.2, 0) is 16.0 Å². The molecule has 0 spiro atoms. The van der Waals surface area contributed by atoms with Crippen molar-refractivity contribution in [1.82, 2.24) is 9.88 Å². The minimum absolute atomic E-state index is 0.0997. The van der Waals surface area contributed by atoms with Crippen molar-refractivity contribution in [3.05, 3.63) is 47.0 Å². The van der Waals surface area contributed by atoms with Crippen LogP contribution in [0.5, 0.6) is 0 Å². The number of anilines is 1. The normalized spacial score (nSPS) is 15.6. The Labute approximate surface area is 157 Å². The predicted octanol–water partition coefficient (Wildman–Crippen LogP) is 2.82. The van der Waals surface area contributed by atoms with Gasteiger partial charge in [0.05, 0.1) is 19.9 Å². The first kappa shape index (κ1) is 18.5. The highest BCUT2D eigenvalue weighted by Gasteiger charge is 2.21. The number of hydrogen-bond donors (Lipinski definition) is 1. The number of likely N-dealkylation sites (tertiary alicyclic amines) is 1. The summed E-state index contributed by atoms with van der Waals surface area (Å²) in [7, 11) is 1.32. The van der Waals surface area contributed by atoms with Crippen LogP contribution in [-0.4, -0.2) is 48.5 Å². The van der Waals surface area contributed by atoms with Gasteiger partial charge in [0.2, 0.25) is 5.91 Å². The molecule has 3 rings (SSSR count). The molecule has 0 saturated carbocycles. The molecule has 1 aromatic carbocycles. The zero-order valence-electron chi connectivity index (χ0n) is 14.8. The number of methoxy groups -OCH3 is 1. The topological polar surface area (TPSA) is 71.5 Å². The van der Waals surface area contributed by atoms with Crippen molar-refractivity contribution in [3.63, 3.8) is 0 Å². The van der Waals surface area contributed by atoms with Crippen LogP contribution in [0.25, 0.3) is 0 Å². The molecule has 1 fully saturated rings. The maximum Gasteiger partial charge on any atom is 0.349 e. The summed E-state index contributed by atoms with van der Waals surface area (Å²) in [4.78, 5) is 30.2. The van der Waals surface area contributed by atoms with Gasteiger partial charge in [-0.1, -0.05) is 41.7 Å². The number of aromatic nitrogens is 1. The smallest absolute Gasteiger partial charge is 0.349 e. The number of carbonyl (C=O) groups excluding carboxylic acids is 2. The van der Waals surface area contributed by atoms with Crippen molar-refractivity contribution in [2.75, 3.05) is 32.1 Å². The van der Waals surface area contributed by atoms with E-state index < -0.39 is 5.97 Å². The van der Waals surface area contributed by atoms with E-state index in [1.165, 1.54) is 18.9 Å². The number of hydrogen-bond acceptors (Lipinski definition) is 6. The first-order chi connectivity index (χ1) is 12.6. The van der Waals surface area contributed by atoms with E-state index in [0.29, 0.717) is 22.5 Å². The number of carbonyl (C=O) groups is 2. The van der Waals surface area contributed by atoms with Crippen LogP contribution < -0.4 is 5.32 Å². The number of esters is 1. The molecule has 2 heterocycles. The Morgan fingerprint density at radius 3 is 2.69 bits per heavy atom. The summed E-state index contributed by atoms with van der Waals surface area (Å²) in [5, 5.41) is 3.18. The average Bonchev–Trinajstić information content (AvgIpc) is 3.12. The van der Waals surface area contributed by atoms with Crippen LogP contribution in [0, 0.1) is 5.92 Å². The molecule has 1 N–H and O–H groups in total. The Morgan fingerprint density at radius 2 is 2.00 bits per heavy atom. The summed E-state index contributed by atoms with van der Waals surface area (Å²) >= 11 is 1.12. The molecule has 0 aliphatic carbocycles. The second-order valence-electron chi connectivity index (χ2n) is 6.48. The highest BCUT2D eigenvalue weighted by atomic mass is 32.1. The number of benzene rings is 1. The van der Waals surface area contributed by atoms with Crippen molar-refractivity contribution in [3.8, 4) is 0 Å². The third-order valence-corrected chi connectivity index (χ3v) is 5.47. The Hall–Kier alpha value is -2.25. The van der Waals surface area contributed by atoms with Crippen LogP contribution in [0.3, 0.4) is 0 Å². The summed E-state index contributed by atoms with van der Waals surface area (Å²) in [6.45, 7) is 2.21. The first-order valence-corrected chi connectivity index (χ1v) is 9.56. The summed E-state index contributed by atoms with van der Waals surface area (Å²) in [6, 6.07) is 10.6. The molecule has 1 aliphatic rings. The van der Waals surface area contributed by atoms with Crippen LogP contribution in [0.1, 0.15) is 28.1 Å². The molecular formula is C19H23N3O3S. The highest BCUT2D eigenvalue weighted by Crippen LogP contribution is 2.22. The molecule has 1 amide bonds. The van der Waals surface area contributed by atoms with Crippen molar-refractivity contribution in [2.45, 2.75) is 19.3 Å². The van der Waals surface area contributed by atoms with E-state index >= 15 is 0 Å². The van der Waals surface area contributed by atoms with Gasteiger partial charge in [0.25, 0.3) is 0 Å². The Kier molecular flexibility index (Phi) is 6.35. The highest BCUT2D eigenvalue weighted by molar-refractivity contribution is 7.17. The number of rotatable bonds is 6. The zero-order valence-corrected chi connectivity index (χ0v) is 15.6. The van der Waals surface area contributed by atoms with Gasteiger partial charge in [-0.05, 0) is 43.8 Å². The lowest BCUT2D eigenvalue weighted by Crippen LogP contribution is -2.39. The molecule has 0 atom stereocenters. The van der Waals surface area contributed by atoms with Gasteiger partial charge in [-0.3, -0.25) is 9.69 Å². The lowest BCUT2D eigenvalue weighted by Gasteiger charge is -2.31. The molecule has 0 radical (unpaired) electrons. The summed E-state index contributed by atoms with van der Waals surface area (Å²) < 4.78 is 4.64. The van der Waals surface area contributed by atoms with Gasteiger partial charge >= 0.3 is 5.97 Å². The van der Waals surface area contributed by atoms with Crippen LogP contribution >= 0.6 is 11.3 Å². The van der Waals surface area contributed by atoms with E-state index in [2.05, 4.69) is 44.2 Å². The van der Waals surface area contributed by atoms with Crippen LogP contribution in [0.4, 0.5) is 5.13 Å². The standard InChI is InChI=1S/C19H23N3O3S/c1-25-18(24)16-12-20-19(26-16)21-17(23)13-22-9-7-15(8-10-22)11-14-5-3-2-4-6-14/h2-6,12,15H,7-11,13H2,1H3,(H,20,21,23). The lowest BCUT2D eigenvalue weighted by atomic mass is 9.90. The third-order valence-electron chi connectivity index (χ3n) is 4.58. The summed E-state index contributed by atoms with van der Waals surface area (Å²) in [6.07, 6.45) is 4.73. The molecular weight excluding hydrogens is 350 g/mol. The number of amides is 1. The van der Waals surface area contributed by atoms with E-state index in [4.69, 9.17) is 0 Å². The molecule has 0 unspecified atom stereocenters. The molecule has 26 heavy (non-hydrogen) atoms. The van der Waals surface area contributed by atoms with Gasteiger partial charge < -0.3 is 10.1 Å². The predicted molar refractivity (Wildman–Crippen MR) is 101 cm³/mol. The number of piperidine rings is 1. The van der Waals surface area contributed by atoms with E-state index in [1.807, 2.05) is 6.07 Å². The first-order valence-electron chi connectivity index (χ1n) is 8.74. The Bertz CT molecular complexity index is 739. The number of nitrogens with zero attached hydrogens (tertiary/aromatic N) is 2. The molecule has 0 bridgehead atoms. The van der Waals surface area contributed by atoms with Gasteiger partial charge in [-0.25, -0.2) is 9.78 Å². The quantitative estimate of drug-likeness (QED) is 0.789. The summed E-state index contributed by atoms with van der Waals surface area (Å²) in [5.74, 6) is 0.138. The second kappa shape index (κ2) is 8.91. The summed E-state index contributed by atoms with van der Waals surface area (Å²) in [5.41, 5.74) is 1.38. The van der Waals surface area contributed by atoms with E-state index in [1.54, 1.807) is 0 Å². The SMILES string of the molecule is COC(=O)c1cnc(NC(=O)CN2CCC(Cc3ccccc3)CC2)s1. The van der Waals surface area contributed by atoms with Crippen molar-refractivity contribution in [1.29, 1.82) is 0 Å². The van der Waals surface area contributed by atoms with E-state index in [9.17, 15) is 9.59 Å². The van der Waals surface area contributed by atoms with Gasteiger partial charge in [-0.15, -0.1) is 0 Å². The number of nitrogens with one attached hydrogen (secondary N) is 1. The van der Waals surface area contributed by atoms with Gasteiger partial charge in [-0.2, -0.15) is 0 Å². The third kappa shape index (κ3) is 5.12. The van der Waals surface area contributed by atoms with E-state index in [-0.39, 0.29) is 5.91 Å². The van der Waals surface area contributed by atoms with Crippen molar-refractivity contribution in [2.24, 2.45) is 5.92 Å². The second-order valence-corrected chi connectivity index (χ2v) is 7.51. The van der Waals surface area contributed by atoms with Crippen molar-refractivity contribution < 1.29 is 14.3 Å². The molecule has 138 valence electrons. The van der Waals surface area contributed by atoms with Crippen LogP contribution in [0.15, 0.2) is 36.5 Å². The lowest BCUT2D eigenvalue weighted by molar-refractivity contribution is -0.117.